The van der Waals surface area contributed by atoms with E-state index in [9.17, 15) is 5.26 Å². The first-order chi connectivity index (χ1) is 11.0. The van der Waals surface area contributed by atoms with Crippen LogP contribution in [-0.4, -0.2) is 9.97 Å². The summed E-state index contributed by atoms with van der Waals surface area (Å²) in [5.41, 5.74) is 4.16. The van der Waals surface area contributed by atoms with Gasteiger partial charge in [-0.2, -0.15) is 5.26 Å². The van der Waals surface area contributed by atoms with Crippen molar-refractivity contribution in [3.8, 4) is 6.07 Å². The van der Waals surface area contributed by atoms with E-state index in [1.807, 2.05) is 19.9 Å². The number of hydrogen-bond donors (Lipinski definition) is 0. The number of allylic oxidation sites excluding steroid dienone is 3. The lowest BCUT2D eigenvalue weighted by atomic mass is 9.64. The lowest BCUT2D eigenvalue weighted by Gasteiger charge is -2.40. The van der Waals surface area contributed by atoms with Gasteiger partial charge < -0.3 is 0 Å². The van der Waals surface area contributed by atoms with Crippen LogP contribution in [0.4, 0.5) is 0 Å². The van der Waals surface area contributed by atoms with Crippen molar-refractivity contribution in [1.29, 1.82) is 5.26 Å². The summed E-state index contributed by atoms with van der Waals surface area (Å²) in [6.07, 6.45) is 9.24. The molecule has 0 spiro atoms. The summed E-state index contributed by atoms with van der Waals surface area (Å²) < 4.78 is 0. The molecule has 0 radical (unpaired) electrons. The Morgan fingerprint density at radius 3 is 2.83 bits per heavy atom. The molecule has 0 N–H and O–H groups in total. The van der Waals surface area contributed by atoms with Gasteiger partial charge in [0.1, 0.15) is 5.82 Å². The van der Waals surface area contributed by atoms with Gasteiger partial charge in [-0.3, -0.25) is 0 Å². The second-order valence-corrected chi connectivity index (χ2v) is 6.78. The van der Waals surface area contributed by atoms with E-state index in [1.54, 1.807) is 0 Å². The molecule has 1 heterocycles. The van der Waals surface area contributed by atoms with E-state index in [0.717, 1.165) is 49.2 Å². The van der Waals surface area contributed by atoms with Crippen LogP contribution >= 0.6 is 0 Å². The summed E-state index contributed by atoms with van der Waals surface area (Å²) in [4.78, 5) is 9.53. The lowest BCUT2D eigenvalue weighted by molar-refractivity contribution is 0.303. The molecular formula is C20H27N3. The second-order valence-electron chi connectivity index (χ2n) is 6.78. The number of hydrogen-bond acceptors (Lipinski definition) is 3. The monoisotopic (exact) mass is 309 g/mol. The molecule has 2 rings (SSSR count). The highest BCUT2D eigenvalue weighted by Gasteiger charge is 2.40. The van der Waals surface area contributed by atoms with E-state index in [1.165, 1.54) is 11.3 Å². The zero-order valence-electron chi connectivity index (χ0n) is 14.8. The zero-order valence-corrected chi connectivity index (χ0v) is 14.8. The molecule has 1 aliphatic rings. The molecule has 3 heteroatoms. The van der Waals surface area contributed by atoms with Gasteiger partial charge in [-0.05, 0) is 51.0 Å². The van der Waals surface area contributed by atoms with Crippen LogP contribution in [0.15, 0.2) is 24.3 Å². The second kappa shape index (κ2) is 7.08. The van der Waals surface area contributed by atoms with Crippen LogP contribution in [-0.2, 0) is 18.3 Å². The maximum atomic E-state index is 9.27. The molecule has 122 valence electrons. The minimum absolute atomic E-state index is 0.224. The lowest BCUT2D eigenvalue weighted by Crippen LogP contribution is -2.37. The number of nitriles is 1. The fourth-order valence-corrected chi connectivity index (χ4v) is 3.85. The zero-order chi connectivity index (χ0) is 17.0. The van der Waals surface area contributed by atoms with Gasteiger partial charge in [-0.15, -0.1) is 6.58 Å². The quantitative estimate of drug-likeness (QED) is 0.590. The van der Waals surface area contributed by atoms with Crippen molar-refractivity contribution in [2.24, 2.45) is 5.92 Å². The Morgan fingerprint density at radius 2 is 2.22 bits per heavy atom. The van der Waals surface area contributed by atoms with Crippen LogP contribution < -0.4 is 0 Å². The predicted molar refractivity (Wildman–Crippen MR) is 94.1 cm³/mol. The molecule has 23 heavy (non-hydrogen) atoms. The third kappa shape index (κ3) is 3.37. The standard InChI is InChI=1S/C20H27N3/c1-6-8-16-10-11-17-18(9-7-2)22-15(4)23-19(17)20(16,5)12-14(3)13-21/h6,12,16H,1,7-11H2,2-5H3/b14-12+. The summed E-state index contributed by atoms with van der Waals surface area (Å²) in [6, 6.07) is 2.28. The normalized spacial score (nSPS) is 24.0. The largest absolute Gasteiger partial charge is 0.238 e. The van der Waals surface area contributed by atoms with Crippen LogP contribution in [0.2, 0.25) is 0 Å². The maximum Gasteiger partial charge on any atom is 0.125 e. The molecule has 1 aromatic heterocycles. The van der Waals surface area contributed by atoms with Crippen LogP contribution in [0.1, 0.15) is 62.8 Å². The van der Waals surface area contributed by atoms with Gasteiger partial charge in [0, 0.05) is 16.7 Å². The van der Waals surface area contributed by atoms with Crippen molar-refractivity contribution in [3.05, 3.63) is 47.1 Å². The highest BCUT2D eigenvalue weighted by atomic mass is 14.9. The fraction of sp³-hybridized carbons (Fsp3) is 0.550. The minimum Gasteiger partial charge on any atom is -0.238 e. The number of aromatic nitrogens is 2. The van der Waals surface area contributed by atoms with Crippen molar-refractivity contribution >= 4 is 0 Å². The Balaban J connectivity index is 2.67. The average molecular weight is 309 g/mol. The Morgan fingerprint density at radius 1 is 1.48 bits per heavy atom. The van der Waals surface area contributed by atoms with Crippen molar-refractivity contribution in [2.75, 3.05) is 0 Å². The van der Waals surface area contributed by atoms with Gasteiger partial charge in [-0.1, -0.05) is 32.4 Å². The number of fused-ring (bicyclic) bond motifs is 1. The summed E-state index contributed by atoms with van der Waals surface area (Å²) in [6.45, 7) is 12.2. The van der Waals surface area contributed by atoms with E-state index in [-0.39, 0.29) is 5.41 Å². The van der Waals surface area contributed by atoms with Crippen molar-refractivity contribution < 1.29 is 0 Å². The van der Waals surface area contributed by atoms with E-state index in [0.29, 0.717) is 5.92 Å². The topological polar surface area (TPSA) is 49.6 Å². The van der Waals surface area contributed by atoms with Gasteiger partial charge in [0.05, 0.1) is 11.8 Å². The molecule has 2 atom stereocenters. The van der Waals surface area contributed by atoms with Gasteiger partial charge in [-0.25, -0.2) is 9.97 Å². The summed E-state index contributed by atoms with van der Waals surface area (Å²) >= 11 is 0. The number of nitrogens with zero attached hydrogens (tertiary/aromatic N) is 3. The van der Waals surface area contributed by atoms with Crippen LogP contribution in [0.25, 0.3) is 0 Å². The first-order valence-electron chi connectivity index (χ1n) is 8.53. The molecule has 1 aromatic rings. The van der Waals surface area contributed by atoms with Crippen molar-refractivity contribution in [2.45, 2.75) is 65.2 Å². The molecule has 3 nitrogen and oxygen atoms in total. The van der Waals surface area contributed by atoms with E-state index in [4.69, 9.17) is 9.97 Å². The molecule has 0 aliphatic heterocycles. The number of aryl methyl sites for hydroxylation is 2. The first kappa shape index (κ1) is 17.4. The third-order valence-corrected chi connectivity index (χ3v) is 4.94. The predicted octanol–water partition coefficient (Wildman–Crippen LogP) is 4.60. The molecule has 0 bridgehead atoms. The van der Waals surface area contributed by atoms with Crippen molar-refractivity contribution in [3.63, 3.8) is 0 Å². The van der Waals surface area contributed by atoms with Gasteiger partial charge in [0.15, 0.2) is 0 Å². The molecule has 2 unspecified atom stereocenters. The van der Waals surface area contributed by atoms with Crippen molar-refractivity contribution in [1.82, 2.24) is 9.97 Å². The Kier molecular flexibility index (Phi) is 5.36. The molecule has 0 aromatic carbocycles. The molecule has 0 saturated carbocycles. The summed E-state index contributed by atoms with van der Waals surface area (Å²) in [5, 5.41) is 9.27. The Hall–Kier alpha value is -1.95. The molecular weight excluding hydrogens is 282 g/mol. The summed E-state index contributed by atoms with van der Waals surface area (Å²) in [5.74, 6) is 1.26. The van der Waals surface area contributed by atoms with Crippen LogP contribution in [0.3, 0.4) is 0 Å². The minimum atomic E-state index is -0.224. The Labute approximate surface area is 140 Å². The highest BCUT2D eigenvalue weighted by Crippen LogP contribution is 2.44. The van der Waals surface area contributed by atoms with Gasteiger partial charge >= 0.3 is 0 Å². The first-order valence-corrected chi connectivity index (χ1v) is 8.53. The smallest absolute Gasteiger partial charge is 0.125 e. The van der Waals surface area contributed by atoms with Crippen LogP contribution in [0, 0.1) is 24.2 Å². The SMILES string of the molecule is C=CCC1CCc2c(CCC)nc(C)nc2C1(C)/C=C(\C)C#N. The molecule has 0 fully saturated rings. The molecule has 1 aliphatic carbocycles. The highest BCUT2D eigenvalue weighted by molar-refractivity contribution is 5.41. The Bertz CT molecular complexity index is 666. The third-order valence-electron chi connectivity index (χ3n) is 4.94. The molecule has 0 amide bonds. The number of rotatable bonds is 5. The van der Waals surface area contributed by atoms with E-state index < -0.39 is 0 Å². The molecule has 0 saturated heterocycles. The van der Waals surface area contributed by atoms with Gasteiger partial charge in [0.2, 0.25) is 0 Å². The van der Waals surface area contributed by atoms with E-state index >= 15 is 0 Å². The summed E-state index contributed by atoms with van der Waals surface area (Å²) in [7, 11) is 0. The van der Waals surface area contributed by atoms with Crippen LogP contribution in [0.5, 0.6) is 0 Å². The average Bonchev–Trinajstić information content (AvgIpc) is 2.51. The fourth-order valence-electron chi connectivity index (χ4n) is 3.85. The maximum absolute atomic E-state index is 9.27. The van der Waals surface area contributed by atoms with E-state index in [2.05, 4.69) is 32.6 Å². The van der Waals surface area contributed by atoms with Gasteiger partial charge in [0.25, 0.3) is 0 Å².